The van der Waals surface area contributed by atoms with Gasteiger partial charge in [0, 0.05) is 18.3 Å². The topological polar surface area (TPSA) is 3.24 Å². The van der Waals surface area contributed by atoms with Gasteiger partial charge in [-0.05, 0) is 25.1 Å². The van der Waals surface area contributed by atoms with Crippen molar-refractivity contribution >= 4 is 11.4 Å². The molecule has 0 spiro atoms. The van der Waals surface area contributed by atoms with E-state index in [1.165, 1.54) is 5.56 Å². The van der Waals surface area contributed by atoms with Crippen LogP contribution in [-0.2, 0) is 0 Å². The van der Waals surface area contributed by atoms with Crippen molar-refractivity contribution in [2.45, 2.75) is 6.92 Å². The number of benzene rings is 2. The fraction of sp³-hybridized carbons (Fsp3) is 0.118. The summed E-state index contributed by atoms with van der Waals surface area (Å²) in [6, 6.07) is 20.6. The van der Waals surface area contributed by atoms with Gasteiger partial charge in [-0.2, -0.15) is 0 Å². The van der Waals surface area contributed by atoms with E-state index < -0.39 is 0 Å². The van der Waals surface area contributed by atoms with Gasteiger partial charge in [-0.3, -0.25) is 0 Å². The van der Waals surface area contributed by atoms with Gasteiger partial charge >= 0.3 is 0 Å². The molecular weight excluding hydrogens is 218 g/mol. The molecule has 2 rings (SSSR count). The summed E-state index contributed by atoms with van der Waals surface area (Å²) in [4.78, 5) is 2.15. The van der Waals surface area contributed by atoms with Crippen LogP contribution >= 0.6 is 0 Å². The molecule has 0 aliphatic carbocycles. The van der Waals surface area contributed by atoms with E-state index in [2.05, 4.69) is 41.9 Å². The number of hydrogen-bond donors (Lipinski definition) is 0. The largest absolute Gasteiger partial charge is 0.338 e. The molecule has 0 aliphatic heterocycles. The summed E-state index contributed by atoms with van der Waals surface area (Å²) in [7, 11) is 2.06. The maximum atomic E-state index is 3.31. The zero-order chi connectivity index (χ0) is 12.8. The van der Waals surface area contributed by atoms with Gasteiger partial charge in [-0.15, -0.1) is 0 Å². The summed E-state index contributed by atoms with van der Waals surface area (Å²) >= 11 is 0. The van der Waals surface area contributed by atoms with Gasteiger partial charge < -0.3 is 4.90 Å². The quantitative estimate of drug-likeness (QED) is 0.715. The molecule has 0 fully saturated rings. The number of para-hydroxylation sites is 1. The number of hydrogen-bond acceptors (Lipinski definition) is 1. The maximum absolute atomic E-state index is 3.31. The Bertz CT molecular complexity index is 549. The lowest BCUT2D eigenvalue weighted by molar-refractivity contribution is 1.22. The van der Waals surface area contributed by atoms with Crippen LogP contribution in [0.4, 0.5) is 5.69 Å². The first-order valence-electron chi connectivity index (χ1n) is 6.08. The average Bonchev–Trinajstić information content (AvgIpc) is 2.46. The summed E-state index contributed by atoms with van der Waals surface area (Å²) in [6.45, 7) is 1.99. The van der Waals surface area contributed by atoms with E-state index in [4.69, 9.17) is 0 Å². The molecule has 0 radical (unpaired) electrons. The van der Waals surface area contributed by atoms with Gasteiger partial charge in [0.05, 0.1) is 5.70 Å². The maximum Gasteiger partial charge on any atom is 0.0911 e. The summed E-state index contributed by atoms with van der Waals surface area (Å²) < 4.78 is 0. The second-order valence-corrected chi connectivity index (χ2v) is 4.04. The normalized spacial score (nSPS) is 9.44. The molecule has 18 heavy (non-hydrogen) atoms. The third-order valence-corrected chi connectivity index (χ3v) is 2.81. The van der Waals surface area contributed by atoms with Crippen LogP contribution in [0.2, 0.25) is 0 Å². The molecule has 1 nitrogen and oxygen atoms in total. The molecule has 0 saturated carbocycles. The highest BCUT2D eigenvalue weighted by atomic mass is 15.1. The van der Waals surface area contributed by atoms with Gasteiger partial charge in [-0.25, -0.2) is 0 Å². The fourth-order valence-electron chi connectivity index (χ4n) is 1.89. The molecule has 1 heteroatoms. The highest BCUT2D eigenvalue weighted by Crippen LogP contribution is 2.23. The summed E-state index contributed by atoms with van der Waals surface area (Å²) in [5, 5.41) is 0. The van der Waals surface area contributed by atoms with Crippen molar-refractivity contribution in [3.8, 4) is 0 Å². The van der Waals surface area contributed by atoms with Crippen molar-refractivity contribution < 1.29 is 0 Å². The van der Waals surface area contributed by atoms with Crippen molar-refractivity contribution in [3.05, 3.63) is 78.0 Å². The fourth-order valence-corrected chi connectivity index (χ4v) is 1.89. The van der Waals surface area contributed by atoms with E-state index in [1.54, 1.807) is 0 Å². The van der Waals surface area contributed by atoms with Crippen LogP contribution in [0.3, 0.4) is 0 Å². The first kappa shape index (κ1) is 12.2. The standard InChI is InChI=1S/C17H17N/c1-3-10-17(15-11-6-4-7-12-15)18(2)16-13-8-5-9-14-16/h3-9,11-14H,1-2H3. The number of nitrogens with zero attached hydrogens (tertiary/aromatic N) is 1. The first-order chi connectivity index (χ1) is 8.83. The molecule has 2 aromatic rings. The third-order valence-electron chi connectivity index (χ3n) is 2.81. The van der Waals surface area contributed by atoms with Crippen molar-refractivity contribution in [1.82, 2.24) is 0 Å². The Morgan fingerprint density at radius 2 is 1.50 bits per heavy atom. The summed E-state index contributed by atoms with van der Waals surface area (Å²) in [6.07, 6.45) is 1.95. The highest BCUT2D eigenvalue weighted by molar-refractivity contribution is 5.78. The molecule has 0 bridgehead atoms. The molecule has 0 atom stereocenters. The first-order valence-corrected chi connectivity index (χ1v) is 6.08. The molecule has 0 heterocycles. The Morgan fingerprint density at radius 1 is 0.944 bits per heavy atom. The number of anilines is 1. The Labute approximate surface area is 109 Å². The van der Waals surface area contributed by atoms with E-state index in [1.807, 2.05) is 49.4 Å². The molecular formula is C17H17N. The molecule has 0 saturated heterocycles. The average molecular weight is 235 g/mol. The second-order valence-electron chi connectivity index (χ2n) is 4.04. The monoisotopic (exact) mass is 235 g/mol. The van der Waals surface area contributed by atoms with E-state index in [0.717, 1.165) is 11.4 Å². The molecule has 0 amide bonds. The molecule has 2 aromatic carbocycles. The van der Waals surface area contributed by atoms with Crippen LogP contribution in [-0.4, -0.2) is 7.05 Å². The summed E-state index contributed by atoms with van der Waals surface area (Å²) in [5.74, 6) is 0. The third kappa shape index (κ3) is 2.71. The van der Waals surface area contributed by atoms with E-state index in [9.17, 15) is 0 Å². The zero-order valence-electron chi connectivity index (χ0n) is 10.8. The van der Waals surface area contributed by atoms with Crippen LogP contribution in [0, 0.1) is 0 Å². The zero-order valence-corrected chi connectivity index (χ0v) is 10.8. The minimum Gasteiger partial charge on any atom is -0.338 e. The molecule has 90 valence electrons. The predicted molar refractivity (Wildman–Crippen MR) is 78.5 cm³/mol. The summed E-state index contributed by atoms with van der Waals surface area (Å²) in [5.41, 5.74) is 6.71. The Kier molecular flexibility index (Phi) is 4.01. The van der Waals surface area contributed by atoms with Crippen LogP contribution in [0.15, 0.2) is 72.5 Å². The lowest BCUT2D eigenvalue weighted by Crippen LogP contribution is -2.14. The van der Waals surface area contributed by atoms with Gasteiger partial charge in [-0.1, -0.05) is 54.3 Å². The molecule has 0 N–H and O–H groups in total. The lowest BCUT2D eigenvalue weighted by atomic mass is 10.1. The van der Waals surface area contributed by atoms with Crippen LogP contribution in [0.25, 0.3) is 5.70 Å². The molecule has 0 aromatic heterocycles. The van der Waals surface area contributed by atoms with Crippen molar-refractivity contribution in [2.24, 2.45) is 0 Å². The van der Waals surface area contributed by atoms with Crippen LogP contribution in [0.1, 0.15) is 12.5 Å². The van der Waals surface area contributed by atoms with Gasteiger partial charge in [0.1, 0.15) is 0 Å². The smallest absolute Gasteiger partial charge is 0.0911 e. The lowest BCUT2D eigenvalue weighted by Gasteiger charge is -2.21. The Morgan fingerprint density at radius 3 is 2.06 bits per heavy atom. The van der Waals surface area contributed by atoms with Crippen molar-refractivity contribution in [3.63, 3.8) is 0 Å². The molecule has 0 unspecified atom stereocenters. The van der Waals surface area contributed by atoms with E-state index >= 15 is 0 Å². The minimum atomic E-state index is 1.07. The van der Waals surface area contributed by atoms with Crippen molar-refractivity contribution in [1.29, 1.82) is 0 Å². The Hall–Kier alpha value is -2.24. The van der Waals surface area contributed by atoms with Gasteiger partial charge in [0.25, 0.3) is 0 Å². The van der Waals surface area contributed by atoms with Crippen LogP contribution < -0.4 is 4.90 Å². The number of allylic oxidation sites excluding steroid dienone is 1. The van der Waals surface area contributed by atoms with Gasteiger partial charge in [0.15, 0.2) is 0 Å². The van der Waals surface area contributed by atoms with E-state index in [-0.39, 0.29) is 0 Å². The van der Waals surface area contributed by atoms with E-state index in [0.29, 0.717) is 0 Å². The Balaban J connectivity index is 2.42. The van der Waals surface area contributed by atoms with Crippen LogP contribution in [0.5, 0.6) is 0 Å². The van der Waals surface area contributed by atoms with Gasteiger partial charge in [0.2, 0.25) is 0 Å². The second kappa shape index (κ2) is 5.90. The minimum absolute atomic E-state index is 1.07. The number of rotatable bonds is 3. The molecule has 0 aliphatic rings. The van der Waals surface area contributed by atoms with Crippen molar-refractivity contribution in [2.75, 3.05) is 11.9 Å². The highest BCUT2D eigenvalue weighted by Gasteiger charge is 2.07. The predicted octanol–water partition coefficient (Wildman–Crippen LogP) is 4.34. The SMILES string of the molecule is CC=C=C(c1ccccc1)N(C)c1ccccc1.